The van der Waals surface area contributed by atoms with E-state index in [1.165, 1.54) is 36.8 Å². The van der Waals surface area contributed by atoms with Gasteiger partial charge in [-0.15, -0.1) is 0 Å². The van der Waals surface area contributed by atoms with E-state index in [-0.39, 0.29) is 6.04 Å². The molecule has 90 valence electrons. The Morgan fingerprint density at radius 1 is 1.06 bits per heavy atom. The van der Waals surface area contributed by atoms with Gasteiger partial charge in [0.1, 0.15) is 0 Å². The van der Waals surface area contributed by atoms with Crippen LogP contribution in [0.3, 0.4) is 0 Å². The Kier molecular flexibility index (Phi) is 6.12. The Morgan fingerprint density at radius 3 is 2.25 bits per heavy atom. The lowest BCUT2D eigenvalue weighted by atomic mass is 10.0. The maximum atomic E-state index is 5.82. The molecule has 0 aromatic heterocycles. The van der Waals surface area contributed by atoms with Gasteiger partial charge in [-0.25, -0.2) is 0 Å². The van der Waals surface area contributed by atoms with E-state index < -0.39 is 0 Å². The van der Waals surface area contributed by atoms with Crippen LogP contribution in [-0.2, 0) is 12.8 Å². The first kappa shape index (κ1) is 13.2. The molecule has 0 heterocycles. The molecular weight excluding hydrogens is 196 g/mol. The van der Waals surface area contributed by atoms with Crippen molar-refractivity contribution in [3.63, 3.8) is 0 Å². The zero-order chi connectivity index (χ0) is 11.8. The average Bonchev–Trinajstić information content (AvgIpc) is 2.31. The van der Waals surface area contributed by atoms with E-state index in [1.807, 2.05) is 0 Å². The van der Waals surface area contributed by atoms with Crippen LogP contribution in [-0.4, -0.2) is 12.6 Å². The van der Waals surface area contributed by atoms with Crippen LogP contribution >= 0.6 is 0 Å². The summed E-state index contributed by atoms with van der Waals surface area (Å²) in [4.78, 5) is 0. The molecule has 1 atom stereocenters. The van der Waals surface area contributed by atoms with Gasteiger partial charge in [-0.05, 0) is 30.4 Å². The molecule has 1 unspecified atom stereocenters. The molecule has 0 radical (unpaired) electrons. The van der Waals surface area contributed by atoms with Crippen LogP contribution in [0.2, 0.25) is 0 Å². The van der Waals surface area contributed by atoms with Crippen LogP contribution < -0.4 is 11.5 Å². The molecule has 4 N–H and O–H groups in total. The fourth-order valence-electron chi connectivity index (χ4n) is 1.81. The van der Waals surface area contributed by atoms with Crippen LogP contribution in [0.4, 0.5) is 0 Å². The molecule has 1 aromatic rings. The van der Waals surface area contributed by atoms with Crippen LogP contribution in [0, 0.1) is 0 Å². The zero-order valence-corrected chi connectivity index (χ0v) is 10.3. The first-order valence-electron chi connectivity index (χ1n) is 6.29. The molecule has 2 heteroatoms. The molecule has 0 spiro atoms. The lowest BCUT2D eigenvalue weighted by Crippen LogP contribution is -2.31. The standard InChI is InChI=1S/C14H24N2/c1-2-3-4-5-12-6-8-13(9-7-12)10-14(16)11-15/h6-9,14H,2-5,10-11,15-16H2,1H3. The van der Waals surface area contributed by atoms with Crippen molar-refractivity contribution in [3.05, 3.63) is 35.4 Å². The number of nitrogens with two attached hydrogens (primary N) is 2. The van der Waals surface area contributed by atoms with E-state index >= 15 is 0 Å². The van der Waals surface area contributed by atoms with Crippen LogP contribution in [0.25, 0.3) is 0 Å². The summed E-state index contributed by atoms with van der Waals surface area (Å²) < 4.78 is 0. The highest BCUT2D eigenvalue weighted by Gasteiger charge is 2.01. The lowest BCUT2D eigenvalue weighted by Gasteiger charge is -2.09. The van der Waals surface area contributed by atoms with Crippen molar-refractivity contribution in [3.8, 4) is 0 Å². The number of hydrogen-bond donors (Lipinski definition) is 2. The van der Waals surface area contributed by atoms with Crippen molar-refractivity contribution in [1.82, 2.24) is 0 Å². The second-order valence-corrected chi connectivity index (χ2v) is 4.47. The van der Waals surface area contributed by atoms with Crippen LogP contribution in [0.15, 0.2) is 24.3 Å². The third-order valence-electron chi connectivity index (χ3n) is 2.89. The number of rotatable bonds is 7. The molecule has 0 saturated carbocycles. The normalized spacial score (nSPS) is 12.7. The molecule has 0 aliphatic carbocycles. The van der Waals surface area contributed by atoms with Crippen molar-refractivity contribution in [2.24, 2.45) is 11.5 Å². The summed E-state index contributed by atoms with van der Waals surface area (Å²) in [6.45, 7) is 2.79. The Labute approximate surface area is 99.0 Å². The lowest BCUT2D eigenvalue weighted by molar-refractivity contribution is 0.678. The quantitative estimate of drug-likeness (QED) is 0.692. The summed E-state index contributed by atoms with van der Waals surface area (Å²) in [6, 6.07) is 8.88. The molecule has 0 aliphatic rings. The van der Waals surface area contributed by atoms with Gasteiger partial charge >= 0.3 is 0 Å². The van der Waals surface area contributed by atoms with Crippen LogP contribution in [0.5, 0.6) is 0 Å². The van der Waals surface area contributed by atoms with Gasteiger partial charge in [-0.3, -0.25) is 0 Å². The Morgan fingerprint density at radius 2 is 1.69 bits per heavy atom. The third-order valence-corrected chi connectivity index (χ3v) is 2.89. The molecular formula is C14H24N2. The predicted octanol–water partition coefficient (Wildman–Crippen LogP) is 2.25. The van der Waals surface area contributed by atoms with E-state index in [4.69, 9.17) is 11.5 Å². The molecule has 1 aromatic carbocycles. The SMILES string of the molecule is CCCCCc1ccc(CC(N)CN)cc1. The van der Waals surface area contributed by atoms with Gasteiger partial charge < -0.3 is 11.5 Å². The van der Waals surface area contributed by atoms with Gasteiger partial charge in [0.15, 0.2) is 0 Å². The maximum absolute atomic E-state index is 5.82. The first-order valence-corrected chi connectivity index (χ1v) is 6.29. The highest BCUT2D eigenvalue weighted by molar-refractivity contribution is 5.23. The fourth-order valence-corrected chi connectivity index (χ4v) is 1.81. The topological polar surface area (TPSA) is 52.0 Å². The Balaban J connectivity index is 2.41. The maximum Gasteiger partial charge on any atom is 0.0203 e. The van der Waals surface area contributed by atoms with E-state index in [1.54, 1.807) is 0 Å². The molecule has 0 fully saturated rings. The Bertz CT molecular complexity index is 279. The van der Waals surface area contributed by atoms with Gasteiger partial charge in [0, 0.05) is 12.6 Å². The summed E-state index contributed by atoms with van der Waals surface area (Å²) >= 11 is 0. The summed E-state index contributed by atoms with van der Waals surface area (Å²) in [6.07, 6.45) is 5.96. The summed E-state index contributed by atoms with van der Waals surface area (Å²) in [5, 5.41) is 0. The van der Waals surface area contributed by atoms with Crippen molar-refractivity contribution < 1.29 is 0 Å². The monoisotopic (exact) mass is 220 g/mol. The van der Waals surface area contributed by atoms with Crippen molar-refractivity contribution in [2.45, 2.75) is 45.1 Å². The summed E-state index contributed by atoms with van der Waals surface area (Å²) in [5.41, 5.74) is 14.0. The first-order chi connectivity index (χ1) is 7.76. The zero-order valence-electron chi connectivity index (χ0n) is 10.3. The predicted molar refractivity (Wildman–Crippen MR) is 70.4 cm³/mol. The van der Waals surface area contributed by atoms with Crippen molar-refractivity contribution >= 4 is 0 Å². The number of benzene rings is 1. The minimum Gasteiger partial charge on any atom is -0.329 e. The number of hydrogen-bond acceptors (Lipinski definition) is 2. The van der Waals surface area contributed by atoms with E-state index in [2.05, 4.69) is 31.2 Å². The minimum atomic E-state index is 0.0888. The highest BCUT2D eigenvalue weighted by atomic mass is 14.7. The smallest absolute Gasteiger partial charge is 0.0203 e. The van der Waals surface area contributed by atoms with Gasteiger partial charge in [0.25, 0.3) is 0 Å². The van der Waals surface area contributed by atoms with E-state index in [0.29, 0.717) is 6.54 Å². The van der Waals surface area contributed by atoms with E-state index in [9.17, 15) is 0 Å². The average molecular weight is 220 g/mol. The molecule has 2 nitrogen and oxygen atoms in total. The fraction of sp³-hybridized carbons (Fsp3) is 0.571. The van der Waals surface area contributed by atoms with Crippen molar-refractivity contribution in [2.75, 3.05) is 6.54 Å². The van der Waals surface area contributed by atoms with Gasteiger partial charge in [-0.2, -0.15) is 0 Å². The minimum absolute atomic E-state index is 0.0888. The second kappa shape index (κ2) is 7.42. The summed E-state index contributed by atoms with van der Waals surface area (Å²) in [7, 11) is 0. The second-order valence-electron chi connectivity index (χ2n) is 4.47. The van der Waals surface area contributed by atoms with Crippen LogP contribution in [0.1, 0.15) is 37.3 Å². The largest absolute Gasteiger partial charge is 0.329 e. The number of unbranched alkanes of at least 4 members (excludes halogenated alkanes) is 2. The molecule has 16 heavy (non-hydrogen) atoms. The Hall–Kier alpha value is -0.860. The molecule has 0 aliphatic heterocycles. The van der Waals surface area contributed by atoms with E-state index in [0.717, 1.165) is 6.42 Å². The number of aryl methyl sites for hydroxylation is 1. The molecule has 1 rings (SSSR count). The molecule has 0 amide bonds. The third kappa shape index (κ3) is 4.77. The van der Waals surface area contributed by atoms with Gasteiger partial charge in [0.2, 0.25) is 0 Å². The van der Waals surface area contributed by atoms with Crippen molar-refractivity contribution in [1.29, 1.82) is 0 Å². The highest BCUT2D eigenvalue weighted by Crippen LogP contribution is 2.09. The van der Waals surface area contributed by atoms with Gasteiger partial charge in [0.05, 0.1) is 0 Å². The summed E-state index contributed by atoms with van der Waals surface area (Å²) in [5.74, 6) is 0. The molecule has 0 bridgehead atoms. The van der Waals surface area contributed by atoms with Gasteiger partial charge in [-0.1, -0.05) is 44.0 Å². The molecule has 0 saturated heterocycles.